The van der Waals surface area contributed by atoms with Crippen molar-refractivity contribution in [3.05, 3.63) is 58.7 Å². The molecule has 3 aromatic rings. The molecule has 1 aliphatic carbocycles. The SMILES string of the molecule is Clc1nnc(Oc2ccc3c(c2)CCC3)c2ccccc12. The van der Waals surface area contributed by atoms with Gasteiger partial charge in [0, 0.05) is 10.8 Å². The van der Waals surface area contributed by atoms with Crippen LogP contribution in [0, 0.1) is 0 Å². The molecule has 0 unspecified atom stereocenters. The summed E-state index contributed by atoms with van der Waals surface area (Å²) >= 11 is 6.08. The summed E-state index contributed by atoms with van der Waals surface area (Å²) in [6.07, 6.45) is 3.52. The number of ether oxygens (including phenoxy) is 1. The summed E-state index contributed by atoms with van der Waals surface area (Å²) in [4.78, 5) is 0. The Morgan fingerprint density at radius 2 is 1.71 bits per heavy atom. The number of nitrogens with zero attached hydrogens (tertiary/aromatic N) is 2. The molecule has 21 heavy (non-hydrogen) atoms. The summed E-state index contributed by atoms with van der Waals surface area (Å²) in [5.74, 6) is 1.30. The monoisotopic (exact) mass is 296 g/mol. The van der Waals surface area contributed by atoms with Crippen LogP contribution in [0.2, 0.25) is 5.15 Å². The summed E-state index contributed by atoms with van der Waals surface area (Å²) in [5, 5.41) is 10.2. The zero-order valence-corrected chi connectivity index (χ0v) is 12.1. The summed E-state index contributed by atoms with van der Waals surface area (Å²) in [5.41, 5.74) is 2.80. The van der Waals surface area contributed by atoms with Crippen molar-refractivity contribution in [2.75, 3.05) is 0 Å². The van der Waals surface area contributed by atoms with E-state index in [0.29, 0.717) is 11.0 Å². The lowest BCUT2D eigenvalue weighted by atomic mass is 10.1. The quantitative estimate of drug-likeness (QED) is 0.695. The highest BCUT2D eigenvalue weighted by molar-refractivity contribution is 6.34. The van der Waals surface area contributed by atoms with Gasteiger partial charge in [-0.25, -0.2) is 0 Å². The van der Waals surface area contributed by atoms with Crippen LogP contribution in [0.15, 0.2) is 42.5 Å². The molecule has 2 aromatic carbocycles. The second kappa shape index (κ2) is 5.01. The number of aromatic nitrogens is 2. The Morgan fingerprint density at radius 1 is 0.905 bits per heavy atom. The van der Waals surface area contributed by atoms with E-state index in [1.165, 1.54) is 24.0 Å². The van der Waals surface area contributed by atoms with Crippen LogP contribution in [0.5, 0.6) is 11.6 Å². The third kappa shape index (κ3) is 2.24. The number of hydrogen-bond donors (Lipinski definition) is 0. The normalized spacial score (nSPS) is 13.4. The number of fused-ring (bicyclic) bond motifs is 2. The molecule has 0 fully saturated rings. The molecule has 0 aliphatic heterocycles. The van der Waals surface area contributed by atoms with Crippen LogP contribution in [-0.4, -0.2) is 10.2 Å². The van der Waals surface area contributed by atoms with E-state index in [1.807, 2.05) is 30.3 Å². The van der Waals surface area contributed by atoms with E-state index in [2.05, 4.69) is 22.3 Å². The molecular weight excluding hydrogens is 284 g/mol. The average Bonchev–Trinajstić information content (AvgIpc) is 2.98. The van der Waals surface area contributed by atoms with Crippen LogP contribution in [0.25, 0.3) is 10.8 Å². The molecule has 1 aliphatic rings. The molecule has 3 nitrogen and oxygen atoms in total. The lowest BCUT2D eigenvalue weighted by Crippen LogP contribution is -1.94. The zero-order valence-electron chi connectivity index (χ0n) is 11.3. The van der Waals surface area contributed by atoms with E-state index in [0.717, 1.165) is 22.9 Å². The van der Waals surface area contributed by atoms with Crippen molar-refractivity contribution in [1.29, 1.82) is 0 Å². The van der Waals surface area contributed by atoms with Crippen molar-refractivity contribution in [3.8, 4) is 11.6 Å². The molecule has 0 saturated heterocycles. The molecule has 0 saturated carbocycles. The van der Waals surface area contributed by atoms with Gasteiger partial charge in [-0.2, -0.15) is 0 Å². The van der Waals surface area contributed by atoms with Crippen LogP contribution in [0.4, 0.5) is 0 Å². The van der Waals surface area contributed by atoms with E-state index in [4.69, 9.17) is 16.3 Å². The van der Waals surface area contributed by atoms with Gasteiger partial charge in [-0.3, -0.25) is 0 Å². The molecule has 1 heterocycles. The minimum atomic E-state index is 0.395. The van der Waals surface area contributed by atoms with Gasteiger partial charge in [0.25, 0.3) is 0 Å². The minimum absolute atomic E-state index is 0.395. The molecule has 0 amide bonds. The van der Waals surface area contributed by atoms with Crippen LogP contribution in [0.1, 0.15) is 17.5 Å². The maximum absolute atomic E-state index is 6.08. The summed E-state index contributed by atoms with van der Waals surface area (Å²) in [7, 11) is 0. The Bertz CT molecular complexity index is 832. The molecule has 4 heteroatoms. The first kappa shape index (κ1) is 12.6. The van der Waals surface area contributed by atoms with Gasteiger partial charge in [-0.15, -0.1) is 10.2 Å². The summed E-state index contributed by atoms with van der Waals surface area (Å²) < 4.78 is 5.94. The Labute approximate surface area is 127 Å². The highest BCUT2D eigenvalue weighted by Crippen LogP contribution is 2.32. The largest absolute Gasteiger partial charge is 0.437 e. The summed E-state index contributed by atoms with van der Waals surface area (Å²) in [6, 6.07) is 14.0. The van der Waals surface area contributed by atoms with Crippen molar-refractivity contribution < 1.29 is 4.74 Å². The molecule has 0 N–H and O–H groups in total. The third-order valence-corrected chi connectivity index (χ3v) is 4.17. The lowest BCUT2D eigenvalue weighted by Gasteiger charge is -2.09. The van der Waals surface area contributed by atoms with Crippen molar-refractivity contribution >= 4 is 22.4 Å². The highest BCUT2D eigenvalue weighted by Gasteiger charge is 2.13. The topological polar surface area (TPSA) is 35.0 Å². The fourth-order valence-corrected chi connectivity index (χ4v) is 3.05. The van der Waals surface area contributed by atoms with E-state index >= 15 is 0 Å². The standard InChI is InChI=1S/C17H13ClN2O/c18-16-14-6-1-2-7-15(14)17(20-19-16)21-13-9-8-11-4-3-5-12(11)10-13/h1-2,6-10H,3-5H2. The molecule has 0 atom stereocenters. The van der Waals surface area contributed by atoms with Gasteiger partial charge in [-0.05, 0) is 48.6 Å². The van der Waals surface area contributed by atoms with Crippen molar-refractivity contribution in [1.82, 2.24) is 10.2 Å². The van der Waals surface area contributed by atoms with E-state index in [1.54, 1.807) is 0 Å². The van der Waals surface area contributed by atoms with Crippen molar-refractivity contribution in [2.24, 2.45) is 0 Å². The molecule has 0 spiro atoms. The van der Waals surface area contributed by atoms with E-state index in [-0.39, 0.29) is 0 Å². The number of rotatable bonds is 2. The molecular formula is C17H13ClN2O. The molecule has 0 radical (unpaired) electrons. The van der Waals surface area contributed by atoms with Crippen LogP contribution in [-0.2, 0) is 12.8 Å². The van der Waals surface area contributed by atoms with Gasteiger partial charge in [-0.1, -0.05) is 35.9 Å². The Hall–Kier alpha value is -2.13. The third-order valence-electron chi connectivity index (χ3n) is 3.89. The fraction of sp³-hybridized carbons (Fsp3) is 0.176. The van der Waals surface area contributed by atoms with Gasteiger partial charge in [0.15, 0.2) is 5.15 Å². The molecule has 0 bridgehead atoms. The number of hydrogen-bond acceptors (Lipinski definition) is 3. The maximum atomic E-state index is 6.08. The van der Waals surface area contributed by atoms with Crippen LogP contribution < -0.4 is 4.74 Å². The van der Waals surface area contributed by atoms with Gasteiger partial charge in [0.05, 0.1) is 0 Å². The van der Waals surface area contributed by atoms with Gasteiger partial charge >= 0.3 is 0 Å². The minimum Gasteiger partial charge on any atom is -0.437 e. The first-order chi connectivity index (χ1) is 10.3. The second-order valence-electron chi connectivity index (χ2n) is 5.23. The number of benzene rings is 2. The first-order valence-corrected chi connectivity index (χ1v) is 7.39. The molecule has 1 aromatic heterocycles. The van der Waals surface area contributed by atoms with Gasteiger partial charge in [0.1, 0.15) is 5.75 Å². The average molecular weight is 297 g/mol. The van der Waals surface area contributed by atoms with Crippen molar-refractivity contribution in [3.63, 3.8) is 0 Å². The smallest absolute Gasteiger partial charge is 0.246 e. The molecule has 4 rings (SSSR count). The van der Waals surface area contributed by atoms with Crippen molar-refractivity contribution in [2.45, 2.75) is 19.3 Å². The van der Waals surface area contributed by atoms with E-state index < -0.39 is 0 Å². The predicted octanol–water partition coefficient (Wildman–Crippen LogP) is 4.56. The molecule has 104 valence electrons. The summed E-state index contributed by atoms with van der Waals surface area (Å²) in [6.45, 7) is 0. The fourth-order valence-electron chi connectivity index (χ4n) is 2.85. The Kier molecular flexibility index (Phi) is 3.00. The predicted molar refractivity (Wildman–Crippen MR) is 83.1 cm³/mol. The maximum Gasteiger partial charge on any atom is 0.246 e. The lowest BCUT2D eigenvalue weighted by molar-refractivity contribution is 0.461. The van der Waals surface area contributed by atoms with E-state index in [9.17, 15) is 0 Å². The zero-order chi connectivity index (χ0) is 14.2. The Morgan fingerprint density at radius 3 is 2.62 bits per heavy atom. The highest BCUT2D eigenvalue weighted by atomic mass is 35.5. The Balaban J connectivity index is 1.76. The van der Waals surface area contributed by atoms with Gasteiger partial charge < -0.3 is 4.74 Å². The van der Waals surface area contributed by atoms with Crippen LogP contribution in [0.3, 0.4) is 0 Å². The number of halogens is 1. The second-order valence-corrected chi connectivity index (χ2v) is 5.59. The van der Waals surface area contributed by atoms with Crippen LogP contribution >= 0.6 is 11.6 Å². The number of aryl methyl sites for hydroxylation is 2. The van der Waals surface area contributed by atoms with Gasteiger partial charge in [0.2, 0.25) is 5.88 Å². The first-order valence-electron chi connectivity index (χ1n) is 7.02.